The number of carbonyl (C=O) groups is 1. The summed E-state index contributed by atoms with van der Waals surface area (Å²) in [7, 11) is 0. The van der Waals surface area contributed by atoms with Gasteiger partial charge in [0.1, 0.15) is 4.83 Å². The summed E-state index contributed by atoms with van der Waals surface area (Å²) >= 11 is 2.95. The van der Waals surface area contributed by atoms with Crippen molar-refractivity contribution in [2.24, 2.45) is 5.92 Å². The molecular formula is C21H23N3O2S2. The number of amides is 1. The Bertz CT molecular complexity index is 1070. The molecule has 7 heteroatoms. The summed E-state index contributed by atoms with van der Waals surface area (Å²) in [6.45, 7) is 4.74. The molecule has 28 heavy (non-hydrogen) atoms. The number of benzene rings is 1. The SMILES string of the molecule is CCNC(=O)CSc1nc2sc3c(c2c(=O)n1-c1ccccc1)CCC(C)C3. The zero-order valence-electron chi connectivity index (χ0n) is 16.0. The molecule has 1 amide bonds. The quantitative estimate of drug-likeness (QED) is 0.510. The molecule has 1 aliphatic carbocycles. The van der Waals surface area contributed by atoms with Crippen molar-refractivity contribution >= 4 is 39.2 Å². The van der Waals surface area contributed by atoms with Crippen LogP contribution in [0.25, 0.3) is 15.9 Å². The fourth-order valence-electron chi connectivity index (χ4n) is 3.65. The van der Waals surface area contributed by atoms with Crippen molar-refractivity contribution in [3.63, 3.8) is 0 Å². The van der Waals surface area contributed by atoms with E-state index in [2.05, 4.69) is 12.2 Å². The number of thiophene rings is 1. The van der Waals surface area contributed by atoms with E-state index in [-0.39, 0.29) is 17.2 Å². The number of nitrogens with one attached hydrogen (secondary N) is 1. The summed E-state index contributed by atoms with van der Waals surface area (Å²) in [5.41, 5.74) is 1.94. The first kappa shape index (κ1) is 19.2. The van der Waals surface area contributed by atoms with E-state index in [1.807, 2.05) is 37.3 Å². The summed E-state index contributed by atoms with van der Waals surface area (Å²) < 4.78 is 1.66. The second-order valence-electron chi connectivity index (χ2n) is 7.14. The third-order valence-corrected chi connectivity index (χ3v) is 7.11. The number of hydrogen-bond acceptors (Lipinski definition) is 5. The number of rotatable bonds is 5. The standard InChI is InChI=1S/C21H23N3O2S2/c1-3-22-17(25)12-27-21-23-19-18(15-10-9-13(2)11-16(15)28-19)20(26)24(21)14-7-5-4-6-8-14/h4-8,13H,3,9-12H2,1-2H3,(H,22,25). The summed E-state index contributed by atoms with van der Waals surface area (Å²) in [5.74, 6) is 0.824. The second-order valence-corrected chi connectivity index (χ2v) is 9.17. The molecule has 5 nitrogen and oxygen atoms in total. The van der Waals surface area contributed by atoms with Gasteiger partial charge in [0, 0.05) is 11.4 Å². The molecule has 3 aromatic rings. The Kier molecular flexibility index (Phi) is 5.55. The van der Waals surface area contributed by atoms with E-state index >= 15 is 0 Å². The molecule has 1 atom stereocenters. The zero-order chi connectivity index (χ0) is 19.7. The minimum atomic E-state index is -0.0549. The van der Waals surface area contributed by atoms with E-state index in [0.29, 0.717) is 17.6 Å². The van der Waals surface area contributed by atoms with E-state index < -0.39 is 0 Å². The van der Waals surface area contributed by atoms with Gasteiger partial charge in [-0.3, -0.25) is 14.2 Å². The Balaban J connectivity index is 1.86. The van der Waals surface area contributed by atoms with Crippen LogP contribution in [0.5, 0.6) is 0 Å². The van der Waals surface area contributed by atoms with E-state index in [4.69, 9.17) is 4.98 Å². The number of aryl methyl sites for hydroxylation is 1. The van der Waals surface area contributed by atoms with Gasteiger partial charge in [0.25, 0.3) is 5.56 Å². The zero-order valence-corrected chi connectivity index (χ0v) is 17.7. The monoisotopic (exact) mass is 413 g/mol. The van der Waals surface area contributed by atoms with Crippen molar-refractivity contribution in [1.82, 2.24) is 14.9 Å². The fraction of sp³-hybridized carbons (Fsp3) is 0.381. The molecule has 2 heterocycles. The third-order valence-electron chi connectivity index (χ3n) is 5.02. The lowest BCUT2D eigenvalue weighted by atomic mass is 9.89. The molecule has 0 saturated heterocycles. The Morgan fingerprint density at radius 3 is 2.89 bits per heavy atom. The van der Waals surface area contributed by atoms with Gasteiger partial charge in [-0.25, -0.2) is 4.98 Å². The van der Waals surface area contributed by atoms with E-state index in [9.17, 15) is 9.59 Å². The predicted octanol–water partition coefficient (Wildman–Crippen LogP) is 3.80. The normalized spacial score (nSPS) is 16.1. The molecule has 2 aromatic heterocycles. The first-order chi connectivity index (χ1) is 13.6. The van der Waals surface area contributed by atoms with Gasteiger partial charge in [-0.1, -0.05) is 36.9 Å². The second kappa shape index (κ2) is 8.09. The number of nitrogens with zero attached hydrogens (tertiary/aromatic N) is 2. The first-order valence-corrected chi connectivity index (χ1v) is 11.4. The van der Waals surface area contributed by atoms with Gasteiger partial charge in [-0.15, -0.1) is 11.3 Å². The van der Waals surface area contributed by atoms with Crippen LogP contribution in [-0.2, 0) is 17.6 Å². The minimum Gasteiger partial charge on any atom is -0.356 e. The van der Waals surface area contributed by atoms with E-state index in [1.54, 1.807) is 15.9 Å². The molecule has 0 saturated carbocycles. The highest BCUT2D eigenvalue weighted by Gasteiger charge is 2.25. The number of thioether (sulfide) groups is 1. The highest BCUT2D eigenvalue weighted by atomic mass is 32.2. The summed E-state index contributed by atoms with van der Waals surface area (Å²) in [5, 5.41) is 4.13. The average molecular weight is 414 g/mol. The topological polar surface area (TPSA) is 64.0 Å². The molecule has 0 radical (unpaired) electrons. The van der Waals surface area contributed by atoms with Crippen molar-refractivity contribution in [3.8, 4) is 5.69 Å². The molecule has 0 bridgehead atoms. The van der Waals surface area contributed by atoms with Crippen LogP contribution in [0.4, 0.5) is 0 Å². The smallest absolute Gasteiger partial charge is 0.267 e. The van der Waals surface area contributed by atoms with Crippen LogP contribution < -0.4 is 10.9 Å². The van der Waals surface area contributed by atoms with Gasteiger partial charge in [-0.05, 0) is 49.8 Å². The summed E-state index contributed by atoms with van der Waals surface area (Å²) in [6.07, 6.45) is 3.06. The highest BCUT2D eigenvalue weighted by molar-refractivity contribution is 7.99. The highest BCUT2D eigenvalue weighted by Crippen LogP contribution is 2.36. The fourth-order valence-corrected chi connectivity index (χ4v) is 5.92. The Labute approximate surface area is 172 Å². The maximum atomic E-state index is 13.6. The van der Waals surface area contributed by atoms with Crippen LogP contribution in [0.2, 0.25) is 0 Å². The lowest BCUT2D eigenvalue weighted by molar-refractivity contribution is -0.118. The Morgan fingerprint density at radius 2 is 2.14 bits per heavy atom. The molecule has 1 aromatic carbocycles. The Morgan fingerprint density at radius 1 is 1.36 bits per heavy atom. The van der Waals surface area contributed by atoms with E-state index in [1.165, 1.54) is 22.2 Å². The molecule has 0 fully saturated rings. The number of aromatic nitrogens is 2. The molecule has 0 spiro atoms. The Hall–Kier alpha value is -2.12. The van der Waals surface area contributed by atoms with Gasteiger partial charge < -0.3 is 5.32 Å². The predicted molar refractivity (Wildman–Crippen MR) is 116 cm³/mol. The van der Waals surface area contributed by atoms with Crippen LogP contribution >= 0.6 is 23.1 Å². The molecular weight excluding hydrogens is 390 g/mol. The largest absolute Gasteiger partial charge is 0.356 e. The molecule has 1 aliphatic rings. The lowest BCUT2D eigenvalue weighted by Gasteiger charge is -2.17. The van der Waals surface area contributed by atoms with Crippen molar-refractivity contribution < 1.29 is 4.79 Å². The minimum absolute atomic E-state index is 0.0262. The lowest BCUT2D eigenvalue weighted by Crippen LogP contribution is -2.26. The van der Waals surface area contributed by atoms with Crippen molar-refractivity contribution in [1.29, 1.82) is 0 Å². The number of fused-ring (bicyclic) bond motifs is 3. The third kappa shape index (κ3) is 3.61. The van der Waals surface area contributed by atoms with Gasteiger partial charge in [0.05, 0.1) is 16.8 Å². The molecule has 1 unspecified atom stereocenters. The average Bonchev–Trinajstić information content (AvgIpc) is 3.04. The van der Waals surface area contributed by atoms with Gasteiger partial charge in [0.2, 0.25) is 5.91 Å². The van der Waals surface area contributed by atoms with Crippen molar-refractivity contribution in [2.75, 3.05) is 12.3 Å². The van der Waals surface area contributed by atoms with Crippen LogP contribution in [0.3, 0.4) is 0 Å². The van der Waals surface area contributed by atoms with E-state index in [0.717, 1.165) is 35.2 Å². The van der Waals surface area contributed by atoms with Crippen LogP contribution in [0.15, 0.2) is 40.3 Å². The molecule has 1 N–H and O–H groups in total. The van der Waals surface area contributed by atoms with Gasteiger partial charge in [-0.2, -0.15) is 0 Å². The first-order valence-electron chi connectivity index (χ1n) is 9.60. The van der Waals surface area contributed by atoms with Crippen LogP contribution in [0, 0.1) is 5.92 Å². The van der Waals surface area contributed by atoms with Crippen LogP contribution in [-0.4, -0.2) is 27.8 Å². The number of para-hydroxylation sites is 1. The van der Waals surface area contributed by atoms with Crippen molar-refractivity contribution in [3.05, 3.63) is 51.1 Å². The van der Waals surface area contributed by atoms with Crippen LogP contribution in [0.1, 0.15) is 30.7 Å². The number of carbonyl (C=O) groups excluding carboxylic acids is 1. The molecule has 146 valence electrons. The van der Waals surface area contributed by atoms with Gasteiger partial charge >= 0.3 is 0 Å². The molecule has 4 rings (SSSR count). The maximum absolute atomic E-state index is 13.6. The summed E-state index contributed by atoms with van der Waals surface area (Å²) in [6, 6.07) is 9.57. The summed E-state index contributed by atoms with van der Waals surface area (Å²) in [4.78, 5) is 32.4. The van der Waals surface area contributed by atoms with Crippen molar-refractivity contribution in [2.45, 2.75) is 38.3 Å². The maximum Gasteiger partial charge on any atom is 0.267 e. The number of hydrogen-bond donors (Lipinski definition) is 1. The van der Waals surface area contributed by atoms with Gasteiger partial charge in [0.15, 0.2) is 5.16 Å². The molecule has 0 aliphatic heterocycles.